The van der Waals surface area contributed by atoms with Crippen LogP contribution in [0.3, 0.4) is 0 Å². The maximum Gasteiger partial charge on any atom is 0.335 e. The highest BCUT2D eigenvalue weighted by atomic mass is 16.3. The highest BCUT2D eigenvalue weighted by Crippen LogP contribution is 2.18. The molecular formula is C21H21N3O3. The van der Waals surface area contributed by atoms with E-state index in [0.29, 0.717) is 17.9 Å². The van der Waals surface area contributed by atoms with Crippen molar-refractivity contribution in [3.8, 4) is 11.6 Å². The Morgan fingerprint density at radius 3 is 2.44 bits per heavy atom. The molecule has 0 aliphatic heterocycles. The average Bonchev–Trinajstić information content (AvgIpc) is 2.61. The van der Waals surface area contributed by atoms with Crippen LogP contribution in [0.5, 0.6) is 5.88 Å². The van der Waals surface area contributed by atoms with Crippen LogP contribution < -0.4 is 11.2 Å². The lowest BCUT2D eigenvalue weighted by molar-refractivity contribution is 0.429. The van der Waals surface area contributed by atoms with E-state index in [-0.39, 0.29) is 5.56 Å². The third-order valence-corrected chi connectivity index (χ3v) is 4.32. The van der Waals surface area contributed by atoms with Crippen LogP contribution in [-0.4, -0.2) is 20.4 Å². The van der Waals surface area contributed by atoms with Gasteiger partial charge in [-0.3, -0.25) is 14.8 Å². The van der Waals surface area contributed by atoms with Gasteiger partial charge in [-0.1, -0.05) is 47.5 Å². The SMILES string of the molecule is CC(=NCc1cccc(C)c1)c1c(O)n(-c2ccc(C)cc2)c(=O)[nH]c1=O. The van der Waals surface area contributed by atoms with Gasteiger partial charge in [0, 0.05) is 0 Å². The molecule has 0 spiro atoms. The fourth-order valence-corrected chi connectivity index (χ4v) is 2.88. The molecule has 0 saturated carbocycles. The number of aromatic nitrogens is 2. The molecule has 2 N–H and O–H groups in total. The second kappa shape index (κ2) is 7.45. The van der Waals surface area contributed by atoms with Gasteiger partial charge >= 0.3 is 5.69 Å². The molecule has 0 saturated heterocycles. The Bertz CT molecular complexity index is 1120. The second-order valence-electron chi connectivity index (χ2n) is 6.52. The molecule has 0 aliphatic carbocycles. The van der Waals surface area contributed by atoms with Crippen molar-refractivity contribution in [3.63, 3.8) is 0 Å². The molecule has 0 amide bonds. The van der Waals surface area contributed by atoms with Gasteiger partial charge in [0.2, 0.25) is 5.88 Å². The van der Waals surface area contributed by atoms with Crippen molar-refractivity contribution in [1.29, 1.82) is 0 Å². The van der Waals surface area contributed by atoms with Crippen LogP contribution in [0, 0.1) is 13.8 Å². The molecule has 27 heavy (non-hydrogen) atoms. The number of hydrogen-bond donors (Lipinski definition) is 2. The van der Waals surface area contributed by atoms with Crippen molar-refractivity contribution in [2.45, 2.75) is 27.3 Å². The second-order valence-corrected chi connectivity index (χ2v) is 6.52. The molecule has 138 valence electrons. The summed E-state index contributed by atoms with van der Waals surface area (Å²) in [5, 5.41) is 10.6. The van der Waals surface area contributed by atoms with E-state index < -0.39 is 17.1 Å². The van der Waals surface area contributed by atoms with Crippen molar-refractivity contribution in [2.24, 2.45) is 4.99 Å². The van der Waals surface area contributed by atoms with Crippen LogP contribution in [0.2, 0.25) is 0 Å². The predicted molar refractivity (Wildman–Crippen MR) is 106 cm³/mol. The van der Waals surface area contributed by atoms with E-state index >= 15 is 0 Å². The smallest absolute Gasteiger partial charge is 0.335 e. The first-order valence-corrected chi connectivity index (χ1v) is 8.59. The Kier molecular flexibility index (Phi) is 5.07. The Morgan fingerprint density at radius 2 is 1.78 bits per heavy atom. The first-order valence-electron chi connectivity index (χ1n) is 8.59. The number of hydrogen-bond acceptors (Lipinski definition) is 4. The van der Waals surface area contributed by atoms with E-state index in [2.05, 4.69) is 9.98 Å². The lowest BCUT2D eigenvalue weighted by Crippen LogP contribution is -2.32. The summed E-state index contributed by atoms with van der Waals surface area (Å²) in [6.07, 6.45) is 0. The molecule has 0 unspecified atom stereocenters. The molecule has 0 atom stereocenters. The maximum atomic E-state index is 12.3. The van der Waals surface area contributed by atoms with Crippen LogP contribution in [0.1, 0.15) is 29.2 Å². The van der Waals surface area contributed by atoms with Crippen LogP contribution >= 0.6 is 0 Å². The molecule has 0 radical (unpaired) electrons. The molecule has 3 aromatic rings. The van der Waals surface area contributed by atoms with Crippen LogP contribution in [0.25, 0.3) is 5.69 Å². The van der Waals surface area contributed by atoms with Gasteiger partial charge in [-0.25, -0.2) is 9.36 Å². The minimum absolute atomic E-state index is 0.0113. The topological polar surface area (TPSA) is 87.4 Å². The molecule has 1 aromatic heterocycles. The lowest BCUT2D eigenvalue weighted by atomic mass is 10.1. The number of rotatable bonds is 4. The number of aromatic amines is 1. The van der Waals surface area contributed by atoms with E-state index in [0.717, 1.165) is 21.3 Å². The number of aryl methyl sites for hydroxylation is 2. The van der Waals surface area contributed by atoms with E-state index in [1.165, 1.54) is 0 Å². The van der Waals surface area contributed by atoms with E-state index in [4.69, 9.17) is 0 Å². The molecule has 6 nitrogen and oxygen atoms in total. The number of H-pyrrole nitrogens is 1. The van der Waals surface area contributed by atoms with Crippen LogP contribution in [-0.2, 0) is 6.54 Å². The maximum absolute atomic E-state index is 12.3. The summed E-state index contributed by atoms with van der Waals surface area (Å²) in [5.74, 6) is -0.418. The van der Waals surface area contributed by atoms with Crippen LogP contribution in [0.4, 0.5) is 0 Å². The highest BCUT2D eigenvalue weighted by Gasteiger charge is 2.17. The van der Waals surface area contributed by atoms with Crippen molar-refractivity contribution < 1.29 is 5.11 Å². The summed E-state index contributed by atoms with van der Waals surface area (Å²) >= 11 is 0. The van der Waals surface area contributed by atoms with Crippen molar-refractivity contribution in [1.82, 2.24) is 9.55 Å². The van der Waals surface area contributed by atoms with Crippen LogP contribution in [0.15, 0.2) is 63.1 Å². The third-order valence-electron chi connectivity index (χ3n) is 4.32. The monoisotopic (exact) mass is 363 g/mol. The first-order chi connectivity index (χ1) is 12.9. The standard InChI is InChI=1S/C21H21N3O3/c1-13-7-9-17(10-8-13)24-20(26)18(19(25)23-21(24)27)15(3)22-12-16-6-4-5-14(2)11-16/h4-11,26H,12H2,1-3H3,(H,23,25,27). The molecule has 1 heterocycles. The average molecular weight is 363 g/mol. The summed E-state index contributed by atoms with van der Waals surface area (Å²) in [5.41, 5.74) is 2.59. The van der Waals surface area contributed by atoms with Gasteiger partial charge in [-0.2, -0.15) is 0 Å². The zero-order chi connectivity index (χ0) is 19.6. The van der Waals surface area contributed by atoms with Gasteiger partial charge in [0.05, 0.1) is 17.9 Å². The Hall–Kier alpha value is -3.41. The first kappa shape index (κ1) is 18.4. The number of benzene rings is 2. The minimum Gasteiger partial charge on any atom is -0.493 e. The zero-order valence-corrected chi connectivity index (χ0v) is 15.5. The highest BCUT2D eigenvalue weighted by molar-refractivity contribution is 6.00. The predicted octanol–water partition coefficient (Wildman–Crippen LogP) is 2.86. The summed E-state index contributed by atoms with van der Waals surface area (Å²) in [4.78, 5) is 31.2. The van der Waals surface area contributed by atoms with Crippen molar-refractivity contribution in [3.05, 3.63) is 91.6 Å². The molecule has 0 bridgehead atoms. The molecule has 3 rings (SSSR count). The molecule has 6 heteroatoms. The van der Waals surface area contributed by atoms with E-state index in [9.17, 15) is 14.7 Å². The van der Waals surface area contributed by atoms with Crippen molar-refractivity contribution >= 4 is 5.71 Å². The van der Waals surface area contributed by atoms with Gasteiger partial charge in [0.25, 0.3) is 5.56 Å². The summed E-state index contributed by atoms with van der Waals surface area (Å²) in [7, 11) is 0. The summed E-state index contributed by atoms with van der Waals surface area (Å²) in [6, 6.07) is 14.9. The third kappa shape index (κ3) is 3.89. The number of nitrogens with zero attached hydrogens (tertiary/aromatic N) is 2. The Labute approximate surface area is 156 Å². The fraction of sp³-hybridized carbons (Fsp3) is 0.190. The summed E-state index contributed by atoms with van der Waals surface area (Å²) < 4.78 is 1.07. The van der Waals surface area contributed by atoms with Gasteiger partial charge in [-0.15, -0.1) is 0 Å². The normalized spacial score (nSPS) is 11.6. The number of aromatic hydroxyl groups is 1. The van der Waals surface area contributed by atoms with Gasteiger partial charge in [0.1, 0.15) is 5.56 Å². The fourth-order valence-electron chi connectivity index (χ4n) is 2.88. The van der Waals surface area contributed by atoms with E-state index in [1.54, 1.807) is 19.1 Å². The quantitative estimate of drug-likeness (QED) is 0.699. The Morgan fingerprint density at radius 1 is 1.07 bits per heavy atom. The van der Waals surface area contributed by atoms with Gasteiger partial charge < -0.3 is 5.11 Å². The van der Waals surface area contributed by atoms with E-state index in [1.807, 2.05) is 50.2 Å². The minimum atomic E-state index is -0.698. The van der Waals surface area contributed by atoms with Gasteiger partial charge in [0.15, 0.2) is 0 Å². The van der Waals surface area contributed by atoms with Crippen molar-refractivity contribution in [2.75, 3.05) is 0 Å². The number of nitrogens with one attached hydrogen (secondary N) is 1. The zero-order valence-electron chi connectivity index (χ0n) is 15.5. The van der Waals surface area contributed by atoms with Gasteiger partial charge in [-0.05, 0) is 38.5 Å². The molecule has 2 aromatic carbocycles. The Balaban J connectivity index is 2.06. The molecular weight excluding hydrogens is 342 g/mol. The molecule has 0 fully saturated rings. The summed E-state index contributed by atoms with van der Waals surface area (Å²) in [6.45, 7) is 5.93. The molecule has 0 aliphatic rings. The largest absolute Gasteiger partial charge is 0.493 e. The lowest BCUT2D eigenvalue weighted by Gasteiger charge is -2.11. The number of aliphatic imine (C=N–C) groups is 1.